The van der Waals surface area contributed by atoms with Crippen molar-refractivity contribution < 1.29 is 4.79 Å². The Morgan fingerprint density at radius 2 is 2.29 bits per heavy atom. The second kappa shape index (κ2) is 4.60. The Bertz CT molecular complexity index is 237. The molecule has 0 spiro atoms. The molecule has 0 radical (unpaired) electrons. The molecule has 1 aliphatic rings. The van der Waals surface area contributed by atoms with Gasteiger partial charge in [-0.2, -0.15) is 0 Å². The minimum atomic E-state index is 0.0133. The summed E-state index contributed by atoms with van der Waals surface area (Å²) in [5, 5.41) is 3.24. The number of nitrogens with one attached hydrogen (secondary N) is 1. The first kappa shape index (κ1) is 11.2. The summed E-state index contributed by atoms with van der Waals surface area (Å²) in [6.45, 7) is 9.48. The van der Waals surface area contributed by atoms with Crippen LogP contribution in [0.5, 0.6) is 0 Å². The maximum atomic E-state index is 11.9. The van der Waals surface area contributed by atoms with Gasteiger partial charge in [0.05, 0.1) is 6.04 Å². The van der Waals surface area contributed by atoms with Crippen molar-refractivity contribution in [3.05, 3.63) is 12.2 Å². The van der Waals surface area contributed by atoms with Crippen LogP contribution >= 0.6 is 0 Å². The molecule has 2 atom stereocenters. The van der Waals surface area contributed by atoms with Crippen molar-refractivity contribution in [2.45, 2.75) is 26.3 Å². The van der Waals surface area contributed by atoms with Crippen LogP contribution in [0.15, 0.2) is 12.2 Å². The summed E-state index contributed by atoms with van der Waals surface area (Å²) in [5.74, 6) is 0.646. The van der Waals surface area contributed by atoms with E-state index in [-0.39, 0.29) is 11.9 Å². The molecule has 1 amide bonds. The smallest absolute Gasteiger partial charge is 0.240 e. The Hall–Kier alpha value is -0.830. The zero-order chi connectivity index (χ0) is 10.7. The fourth-order valence-corrected chi connectivity index (χ4v) is 1.89. The van der Waals surface area contributed by atoms with Gasteiger partial charge < -0.3 is 10.2 Å². The Morgan fingerprint density at radius 1 is 1.64 bits per heavy atom. The molecule has 1 rings (SSSR count). The topological polar surface area (TPSA) is 32.3 Å². The normalized spacial score (nSPS) is 26.2. The van der Waals surface area contributed by atoms with E-state index < -0.39 is 0 Å². The maximum absolute atomic E-state index is 11.9. The largest absolute Gasteiger partial charge is 0.340 e. The molecule has 0 aromatic heterocycles. The molecule has 0 aromatic carbocycles. The summed E-state index contributed by atoms with van der Waals surface area (Å²) in [5.41, 5.74) is 1.02. The molecule has 80 valence electrons. The van der Waals surface area contributed by atoms with Gasteiger partial charge in [0, 0.05) is 13.6 Å². The zero-order valence-electron chi connectivity index (χ0n) is 9.34. The standard InChI is InChI=1S/C11H20N2O/c1-8(2)7-13(4)11(14)10-9(3)5-6-12-10/h9-10,12H,1,5-7H2,2-4H3. The van der Waals surface area contributed by atoms with Crippen LogP contribution in [0.4, 0.5) is 0 Å². The molecule has 14 heavy (non-hydrogen) atoms. The maximum Gasteiger partial charge on any atom is 0.240 e. The lowest BCUT2D eigenvalue weighted by atomic mass is 10.0. The molecule has 0 aromatic rings. The summed E-state index contributed by atoms with van der Waals surface area (Å²) < 4.78 is 0. The first-order chi connectivity index (χ1) is 6.52. The fourth-order valence-electron chi connectivity index (χ4n) is 1.89. The van der Waals surface area contributed by atoms with Crippen molar-refractivity contribution in [3.8, 4) is 0 Å². The van der Waals surface area contributed by atoms with E-state index in [9.17, 15) is 4.79 Å². The van der Waals surface area contributed by atoms with Gasteiger partial charge in [0.1, 0.15) is 0 Å². The van der Waals surface area contributed by atoms with Crippen LogP contribution in [0.1, 0.15) is 20.3 Å². The van der Waals surface area contributed by atoms with Crippen LogP contribution in [0, 0.1) is 5.92 Å². The number of carbonyl (C=O) groups is 1. The monoisotopic (exact) mass is 196 g/mol. The number of amides is 1. The Balaban J connectivity index is 2.51. The predicted octanol–water partition coefficient (Wildman–Crippen LogP) is 1.02. The molecule has 3 nitrogen and oxygen atoms in total. The lowest BCUT2D eigenvalue weighted by molar-refractivity contribution is -0.132. The van der Waals surface area contributed by atoms with E-state index in [4.69, 9.17) is 0 Å². The third-order valence-electron chi connectivity index (χ3n) is 2.68. The first-order valence-electron chi connectivity index (χ1n) is 5.15. The molecule has 1 N–H and O–H groups in total. The van der Waals surface area contributed by atoms with Gasteiger partial charge in [0.25, 0.3) is 0 Å². The predicted molar refractivity (Wildman–Crippen MR) is 58.0 cm³/mol. The van der Waals surface area contributed by atoms with Crippen molar-refractivity contribution in [2.24, 2.45) is 5.92 Å². The lowest BCUT2D eigenvalue weighted by Crippen LogP contribution is -2.44. The van der Waals surface area contributed by atoms with Crippen molar-refractivity contribution in [1.82, 2.24) is 10.2 Å². The molecule has 1 heterocycles. The number of carbonyl (C=O) groups excluding carboxylic acids is 1. The minimum absolute atomic E-state index is 0.0133. The molecule has 2 unspecified atom stereocenters. The van der Waals surface area contributed by atoms with Gasteiger partial charge in [-0.25, -0.2) is 0 Å². The van der Waals surface area contributed by atoms with Gasteiger partial charge in [0.2, 0.25) is 5.91 Å². The first-order valence-corrected chi connectivity index (χ1v) is 5.15. The van der Waals surface area contributed by atoms with Crippen LogP contribution < -0.4 is 5.32 Å². The Morgan fingerprint density at radius 3 is 2.71 bits per heavy atom. The van der Waals surface area contributed by atoms with Crippen LogP contribution in [-0.4, -0.2) is 37.0 Å². The van der Waals surface area contributed by atoms with Crippen LogP contribution in [-0.2, 0) is 4.79 Å². The fraction of sp³-hybridized carbons (Fsp3) is 0.727. The highest BCUT2D eigenvalue weighted by Gasteiger charge is 2.30. The highest BCUT2D eigenvalue weighted by Crippen LogP contribution is 2.16. The van der Waals surface area contributed by atoms with Crippen molar-refractivity contribution >= 4 is 5.91 Å². The van der Waals surface area contributed by atoms with E-state index in [0.717, 1.165) is 18.5 Å². The Kier molecular flexibility index (Phi) is 3.69. The second-order valence-corrected chi connectivity index (χ2v) is 4.35. The highest BCUT2D eigenvalue weighted by atomic mass is 16.2. The van der Waals surface area contributed by atoms with Gasteiger partial charge in [-0.1, -0.05) is 19.1 Å². The molecular weight excluding hydrogens is 176 g/mol. The summed E-state index contributed by atoms with van der Waals surface area (Å²) in [6, 6.07) is 0.0133. The molecule has 0 saturated carbocycles. The van der Waals surface area contributed by atoms with E-state index in [1.165, 1.54) is 0 Å². The molecule has 3 heteroatoms. The van der Waals surface area contributed by atoms with Crippen LogP contribution in [0.25, 0.3) is 0 Å². The number of hydrogen-bond acceptors (Lipinski definition) is 2. The van der Waals surface area contributed by atoms with Gasteiger partial charge in [-0.3, -0.25) is 4.79 Å². The van der Waals surface area contributed by atoms with E-state index >= 15 is 0 Å². The van der Waals surface area contributed by atoms with E-state index in [0.29, 0.717) is 12.5 Å². The van der Waals surface area contributed by atoms with Crippen molar-refractivity contribution in [3.63, 3.8) is 0 Å². The molecule has 0 bridgehead atoms. The summed E-state index contributed by atoms with van der Waals surface area (Å²) >= 11 is 0. The number of likely N-dealkylation sites (N-methyl/N-ethyl adjacent to an activating group) is 1. The van der Waals surface area contributed by atoms with Gasteiger partial charge in [0.15, 0.2) is 0 Å². The van der Waals surface area contributed by atoms with Crippen LogP contribution in [0.2, 0.25) is 0 Å². The average molecular weight is 196 g/mol. The van der Waals surface area contributed by atoms with Gasteiger partial charge in [-0.15, -0.1) is 0 Å². The summed E-state index contributed by atoms with van der Waals surface area (Å²) in [4.78, 5) is 13.7. The van der Waals surface area contributed by atoms with Gasteiger partial charge in [-0.05, 0) is 25.8 Å². The highest BCUT2D eigenvalue weighted by molar-refractivity contribution is 5.82. The number of nitrogens with zero attached hydrogens (tertiary/aromatic N) is 1. The molecule has 1 saturated heterocycles. The lowest BCUT2D eigenvalue weighted by Gasteiger charge is -2.23. The van der Waals surface area contributed by atoms with Crippen LogP contribution in [0.3, 0.4) is 0 Å². The quantitative estimate of drug-likeness (QED) is 0.683. The van der Waals surface area contributed by atoms with Gasteiger partial charge >= 0.3 is 0 Å². The second-order valence-electron chi connectivity index (χ2n) is 4.35. The number of hydrogen-bond donors (Lipinski definition) is 1. The van der Waals surface area contributed by atoms with Crippen molar-refractivity contribution in [2.75, 3.05) is 20.1 Å². The van der Waals surface area contributed by atoms with E-state index in [1.807, 2.05) is 14.0 Å². The zero-order valence-corrected chi connectivity index (χ0v) is 9.34. The van der Waals surface area contributed by atoms with Crippen molar-refractivity contribution in [1.29, 1.82) is 0 Å². The van der Waals surface area contributed by atoms with E-state index in [2.05, 4.69) is 18.8 Å². The average Bonchev–Trinajstić information content (AvgIpc) is 2.48. The SMILES string of the molecule is C=C(C)CN(C)C(=O)C1NCCC1C. The summed E-state index contributed by atoms with van der Waals surface area (Å²) in [7, 11) is 1.84. The third-order valence-corrected chi connectivity index (χ3v) is 2.68. The Labute approximate surface area is 86.2 Å². The molecule has 0 aliphatic carbocycles. The minimum Gasteiger partial charge on any atom is -0.340 e. The molecule has 1 fully saturated rings. The molecule has 1 aliphatic heterocycles. The number of rotatable bonds is 3. The van der Waals surface area contributed by atoms with E-state index in [1.54, 1.807) is 4.90 Å². The molecular formula is C11H20N2O. The summed E-state index contributed by atoms with van der Waals surface area (Å²) in [6.07, 6.45) is 1.09. The third kappa shape index (κ3) is 2.58.